The van der Waals surface area contributed by atoms with Crippen LogP contribution in [0, 0.1) is 0 Å². The number of benzene rings is 2. The molecule has 2 aliphatic carbocycles. The number of hydrogen-bond donors (Lipinski definition) is 2. The second kappa shape index (κ2) is 5.81. The Bertz CT molecular complexity index is 1060. The van der Waals surface area contributed by atoms with E-state index in [4.69, 9.17) is 4.74 Å². The Balaban J connectivity index is 2.08. The lowest BCUT2D eigenvalue weighted by Crippen LogP contribution is -2.25. The second-order valence-electron chi connectivity index (χ2n) is 6.65. The smallest absolute Gasteiger partial charge is 0.317 e. The molecule has 6 nitrogen and oxygen atoms in total. The summed E-state index contributed by atoms with van der Waals surface area (Å²) in [6.07, 6.45) is 3.26. The van der Waals surface area contributed by atoms with Crippen LogP contribution in [0.15, 0.2) is 36.4 Å². The molecule has 4 rings (SSSR count). The van der Waals surface area contributed by atoms with Crippen LogP contribution in [0.5, 0.6) is 11.5 Å². The number of phenols is 2. The molecule has 2 aromatic rings. The maximum absolute atomic E-state index is 13.0. The molecule has 0 aliphatic heterocycles. The Labute approximate surface area is 154 Å². The lowest BCUT2D eigenvalue weighted by molar-refractivity contribution is -0.141. The number of carbonyl (C=O) groups is 3. The van der Waals surface area contributed by atoms with Crippen molar-refractivity contribution in [2.45, 2.75) is 18.8 Å². The number of aromatic hydroxyl groups is 2. The van der Waals surface area contributed by atoms with Gasteiger partial charge >= 0.3 is 5.97 Å². The molecule has 2 atom stereocenters. The van der Waals surface area contributed by atoms with Crippen LogP contribution in [0.4, 0.5) is 0 Å². The first kappa shape index (κ1) is 17.0. The highest BCUT2D eigenvalue weighted by atomic mass is 16.5. The van der Waals surface area contributed by atoms with Gasteiger partial charge in [-0.25, -0.2) is 0 Å². The van der Waals surface area contributed by atoms with Gasteiger partial charge in [-0.2, -0.15) is 0 Å². The molecule has 0 amide bonds. The van der Waals surface area contributed by atoms with Crippen molar-refractivity contribution in [2.75, 3.05) is 7.11 Å². The Kier molecular flexibility index (Phi) is 3.66. The van der Waals surface area contributed by atoms with Crippen molar-refractivity contribution in [3.05, 3.63) is 69.8 Å². The van der Waals surface area contributed by atoms with E-state index < -0.39 is 29.2 Å². The van der Waals surface area contributed by atoms with Gasteiger partial charge in [-0.3, -0.25) is 14.4 Å². The van der Waals surface area contributed by atoms with Crippen LogP contribution < -0.4 is 0 Å². The first-order valence-corrected chi connectivity index (χ1v) is 8.44. The zero-order valence-electron chi connectivity index (χ0n) is 14.6. The quantitative estimate of drug-likeness (QED) is 0.391. The van der Waals surface area contributed by atoms with Crippen molar-refractivity contribution in [2.24, 2.45) is 0 Å². The van der Waals surface area contributed by atoms with E-state index in [0.717, 1.165) is 0 Å². The minimum atomic E-state index is -0.975. The average molecular weight is 364 g/mol. The zero-order chi connectivity index (χ0) is 19.5. The van der Waals surface area contributed by atoms with E-state index in [1.165, 1.54) is 19.2 Å². The standard InChI is InChI=1S/C21H16O6/c1-9-7-8-12(21(26)27-2)14-13(9)19(24)15-16(20(14)25)18(23)11-6-4-3-5-10(11)17(15)22/h3-9,12,24-25H,1-2H3. The highest BCUT2D eigenvalue weighted by Crippen LogP contribution is 2.50. The third-order valence-electron chi connectivity index (χ3n) is 5.21. The monoisotopic (exact) mass is 364 g/mol. The van der Waals surface area contributed by atoms with Gasteiger partial charge in [0.2, 0.25) is 0 Å². The summed E-state index contributed by atoms with van der Waals surface area (Å²) >= 11 is 0. The number of fused-ring (bicyclic) bond motifs is 3. The van der Waals surface area contributed by atoms with Gasteiger partial charge in [0.25, 0.3) is 0 Å². The summed E-state index contributed by atoms with van der Waals surface area (Å²) in [6, 6.07) is 6.25. The van der Waals surface area contributed by atoms with Crippen LogP contribution in [-0.2, 0) is 9.53 Å². The largest absolute Gasteiger partial charge is 0.507 e. The van der Waals surface area contributed by atoms with E-state index in [1.54, 1.807) is 31.2 Å². The SMILES string of the molecule is COC(=O)C1C=CC(C)c2c(O)c3c(c(O)c21)C(=O)c1ccccc1C3=O. The van der Waals surface area contributed by atoms with Gasteiger partial charge in [0, 0.05) is 28.2 Å². The molecule has 0 bridgehead atoms. The van der Waals surface area contributed by atoms with Crippen molar-refractivity contribution in [3.63, 3.8) is 0 Å². The van der Waals surface area contributed by atoms with E-state index in [0.29, 0.717) is 0 Å². The van der Waals surface area contributed by atoms with Crippen LogP contribution in [0.2, 0.25) is 0 Å². The lowest BCUT2D eigenvalue weighted by Gasteiger charge is -2.29. The molecule has 27 heavy (non-hydrogen) atoms. The number of ketones is 2. The number of hydrogen-bond acceptors (Lipinski definition) is 6. The van der Waals surface area contributed by atoms with Gasteiger partial charge in [0.15, 0.2) is 11.6 Å². The minimum absolute atomic E-state index is 0.105. The average Bonchev–Trinajstić information content (AvgIpc) is 2.68. The summed E-state index contributed by atoms with van der Waals surface area (Å²) in [5, 5.41) is 21.8. The number of rotatable bonds is 1. The van der Waals surface area contributed by atoms with E-state index in [-0.39, 0.29) is 45.0 Å². The predicted octanol–water partition coefficient (Wildman–Crippen LogP) is 2.80. The number of esters is 1. The second-order valence-corrected chi connectivity index (χ2v) is 6.65. The molecule has 2 aromatic carbocycles. The fraction of sp³-hybridized carbons (Fsp3) is 0.190. The molecule has 0 heterocycles. The highest BCUT2D eigenvalue weighted by molar-refractivity contribution is 6.30. The normalized spacial score (nSPS) is 19.9. The Hall–Kier alpha value is -3.41. The zero-order valence-corrected chi connectivity index (χ0v) is 14.6. The summed E-state index contributed by atoms with van der Waals surface area (Å²) in [5.74, 6) is -3.92. The molecule has 0 fully saturated rings. The highest BCUT2D eigenvalue weighted by Gasteiger charge is 2.41. The number of methoxy groups -OCH3 is 1. The molecule has 0 radical (unpaired) electrons. The van der Waals surface area contributed by atoms with Crippen LogP contribution in [-0.4, -0.2) is 34.9 Å². The van der Waals surface area contributed by atoms with Crippen molar-refractivity contribution in [1.29, 1.82) is 0 Å². The Morgan fingerprint density at radius 2 is 1.44 bits per heavy atom. The Morgan fingerprint density at radius 1 is 0.926 bits per heavy atom. The summed E-state index contributed by atoms with van der Waals surface area (Å²) in [4.78, 5) is 38.1. The third-order valence-corrected chi connectivity index (χ3v) is 5.21. The number of phenolic OH excluding ortho intramolecular Hbond substituents is 2. The molecular weight excluding hydrogens is 348 g/mol. The van der Waals surface area contributed by atoms with Crippen molar-refractivity contribution in [3.8, 4) is 11.5 Å². The molecule has 2 N–H and O–H groups in total. The maximum Gasteiger partial charge on any atom is 0.317 e. The Morgan fingerprint density at radius 3 is 1.96 bits per heavy atom. The van der Waals surface area contributed by atoms with Gasteiger partial charge in [-0.05, 0) is 0 Å². The van der Waals surface area contributed by atoms with Crippen molar-refractivity contribution >= 4 is 17.5 Å². The number of carbonyl (C=O) groups excluding carboxylic acids is 3. The van der Waals surface area contributed by atoms with E-state index in [1.807, 2.05) is 0 Å². The topological polar surface area (TPSA) is 101 Å². The van der Waals surface area contributed by atoms with Crippen LogP contribution >= 0.6 is 0 Å². The van der Waals surface area contributed by atoms with Crippen LogP contribution in [0.1, 0.15) is 61.7 Å². The summed E-state index contributed by atoms with van der Waals surface area (Å²) < 4.78 is 4.79. The fourth-order valence-corrected chi connectivity index (χ4v) is 3.92. The van der Waals surface area contributed by atoms with Gasteiger partial charge in [-0.1, -0.05) is 43.3 Å². The molecule has 136 valence electrons. The predicted molar refractivity (Wildman–Crippen MR) is 95.4 cm³/mol. The number of ether oxygens (including phenoxy) is 1. The van der Waals surface area contributed by atoms with Crippen LogP contribution in [0.3, 0.4) is 0 Å². The van der Waals surface area contributed by atoms with Crippen LogP contribution in [0.25, 0.3) is 0 Å². The maximum atomic E-state index is 13.0. The summed E-state index contributed by atoms with van der Waals surface area (Å²) in [5.41, 5.74) is 0.192. The molecule has 0 spiro atoms. The molecule has 0 saturated carbocycles. The van der Waals surface area contributed by atoms with E-state index >= 15 is 0 Å². The van der Waals surface area contributed by atoms with Crippen molar-refractivity contribution < 1.29 is 29.3 Å². The minimum Gasteiger partial charge on any atom is -0.507 e. The van der Waals surface area contributed by atoms with Gasteiger partial charge in [-0.15, -0.1) is 0 Å². The molecule has 0 aromatic heterocycles. The summed E-state index contributed by atoms with van der Waals surface area (Å²) in [6.45, 7) is 1.76. The first-order chi connectivity index (χ1) is 12.9. The molecular formula is C21H16O6. The lowest BCUT2D eigenvalue weighted by atomic mass is 9.74. The van der Waals surface area contributed by atoms with Gasteiger partial charge < -0.3 is 14.9 Å². The first-order valence-electron chi connectivity index (χ1n) is 8.44. The molecule has 0 saturated heterocycles. The van der Waals surface area contributed by atoms with Gasteiger partial charge in [0.1, 0.15) is 17.4 Å². The summed E-state index contributed by atoms with van der Waals surface area (Å²) in [7, 11) is 1.22. The van der Waals surface area contributed by atoms with Crippen molar-refractivity contribution in [1.82, 2.24) is 0 Å². The van der Waals surface area contributed by atoms with E-state index in [2.05, 4.69) is 0 Å². The van der Waals surface area contributed by atoms with E-state index in [9.17, 15) is 24.6 Å². The molecule has 2 unspecified atom stereocenters. The third kappa shape index (κ3) is 2.16. The number of allylic oxidation sites excluding steroid dienone is 1. The molecule has 2 aliphatic rings. The fourth-order valence-electron chi connectivity index (χ4n) is 3.92. The van der Waals surface area contributed by atoms with Gasteiger partial charge in [0.05, 0.1) is 18.2 Å². The molecule has 6 heteroatoms.